The van der Waals surface area contributed by atoms with E-state index in [9.17, 15) is 9.59 Å². The molecule has 0 unspecified atom stereocenters. The zero-order valence-electron chi connectivity index (χ0n) is 10.4. The Labute approximate surface area is 102 Å². The summed E-state index contributed by atoms with van der Waals surface area (Å²) in [6.07, 6.45) is 2.09. The van der Waals surface area contributed by atoms with Crippen LogP contribution in [-0.2, 0) is 9.59 Å². The molecule has 2 fully saturated rings. The summed E-state index contributed by atoms with van der Waals surface area (Å²) in [5.74, 6) is 0.518. The van der Waals surface area contributed by atoms with Crippen molar-refractivity contribution < 1.29 is 9.59 Å². The van der Waals surface area contributed by atoms with Crippen LogP contribution in [0.5, 0.6) is 0 Å². The number of piperidine rings is 1. The van der Waals surface area contributed by atoms with Gasteiger partial charge in [0.1, 0.15) is 0 Å². The fourth-order valence-corrected chi connectivity index (χ4v) is 2.56. The van der Waals surface area contributed by atoms with Crippen LogP contribution in [0.2, 0.25) is 0 Å². The molecule has 0 saturated carbocycles. The molecule has 5 nitrogen and oxygen atoms in total. The Kier molecular flexibility index (Phi) is 3.99. The van der Waals surface area contributed by atoms with Crippen molar-refractivity contribution in [2.75, 3.05) is 39.3 Å². The lowest BCUT2D eigenvalue weighted by atomic mass is 9.98. The SMILES string of the molecule is CC(=O)N1CCN(C(=O)[C@H]2CCCNC2)CC1. The Morgan fingerprint density at radius 1 is 1.12 bits per heavy atom. The average molecular weight is 239 g/mol. The number of rotatable bonds is 1. The molecule has 0 aromatic rings. The molecule has 2 rings (SSSR count). The Morgan fingerprint density at radius 3 is 2.29 bits per heavy atom. The van der Waals surface area contributed by atoms with E-state index in [1.807, 2.05) is 9.80 Å². The van der Waals surface area contributed by atoms with Crippen molar-refractivity contribution in [1.29, 1.82) is 0 Å². The van der Waals surface area contributed by atoms with Crippen LogP contribution in [0.1, 0.15) is 19.8 Å². The maximum absolute atomic E-state index is 12.2. The lowest BCUT2D eigenvalue weighted by molar-refractivity contribution is -0.141. The topological polar surface area (TPSA) is 52.7 Å². The maximum Gasteiger partial charge on any atom is 0.227 e. The highest BCUT2D eigenvalue weighted by Gasteiger charge is 2.28. The summed E-state index contributed by atoms with van der Waals surface area (Å²) in [6.45, 7) is 6.17. The van der Waals surface area contributed by atoms with Crippen LogP contribution in [0.3, 0.4) is 0 Å². The molecule has 2 heterocycles. The van der Waals surface area contributed by atoms with E-state index >= 15 is 0 Å². The van der Waals surface area contributed by atoms with Crippen molar-refractivity contribution in [3.05, 3.63) is 0 Å². The third kappa shape index (κ3) is 2.97. The number of carbonyl (C=O) groups excluding carboxylic acids is 2. The van der Waals surface area contributed by atoms with Gasteiger partial charge in [-0.25, -0.2) is 0 Å². The normalized spacial score (nSPS) is 25.8. The fourth-order valence-electron chi connectivity index (χ4n) is 2.56. The van der Waals surface area contributed by atoms with Crippen LogP contribution in [-0.4, -0.2) is 60.9 Å². The third-order valence-electron chi connectivity index (χ3n) is 3.68. The first-order valence-electron chi connectivity index (χ1n) is 6.43. The highest BCUT2D eigenvalue weighted by Crippen LogP contribution is 2.15. The smallest absolute Gasteiger partial charge is 0.227 e. The molecule has 0 bridgehead atoms. The number of hydrogen-bond donors (Lipinski definition) is 1. The predicted octanol–water partition coefficient (Wildman–Crippen LogP) is -0.323. The summed E-state index contributed by atoms with van der Waals surface area (Å²) in [4.78, 5) is 27.1. The predicted molar refractivity (Wildman–Crippen MR) is 64.4 cm³/mol. The first-order chi connectivity index (χ1) is 8.18. The number of nitrogens with one attached hydrogen (secondary N) is 1. The van der Waals surface area contributed by atoms with Gasteiger partial charge in [-0.3, -0.25) is 9.59 Å². The van der Waals surface area contributed by atoms with Crippen LogP contribution in [0.15, 0.2) is 0 Å². The van der Waals surface area contributed by atoms with Crippen LogP contribution in [0.4, 0.5) is 0 Å². The molecule has 5 heteroatoms. The minimum absolute atomic E-state index is 0.108. The highest BCUT2D eigenvalue weighted by molar-refractivity contribution is 5.80. The highest BCUT2D eigenvalue weighted by atomic mass is 16.2. The van der Waals surface area contributed by atoms with E-state index in [1.165, 1.54) is 0 Å². The molecule has 1 atom stereocenters. The number of piperazine rings is 1. The zero-order chi connectivity index (χ0) is 12.3. The zero-order valence-corrected chi connectivity index (χ0v) is 10.4. The quantitative estimate of drug-likeness (QED) is 0.682. The molecule has 2 amide bonds. The van der Waals surface area contributed by atoms with E-state index in [0.29, 0.717) is 26.2 Å². The molecule has 0 aromatic heterocycles. The number of amides is 2. The first-order valence-corrected chi connectivity index (χ1v) is 6.43. The van der Waals surface area contributed by atoms with Gasteiger partial charge in [-0.2, -0.15) is 0 Å². The molecular weight excluding hydrogens is 218 g/mol. The van der Waals surface area contributed by atoms with Crippen molar-refractivity contribution in [2.45, 2.75) is 19.8 Å². The third-order valence-corrected chi connectivity index (χ3v) is 3.68. The molecule has 1 N–H and O–H groups in total. The van der Waals surface area contributed by atoms with Crippen LogP contribution >= 0.6 is 0 Å². The van der Waals surface area contributed by atoms with Crippen molar-refractivity contribution in [3.8, 4) is 0 Å². The average Bonchev–Trinajstić information content (AvgIpc) is 2.39. The lowest BCUT2D eigenvalue weighted by Crippen LogP contribution is -2.53. The van der Waals surface area contributed by atoms with Gasteiger partial charge in [0, 0.05) is 39.6 Å². The van der Waals surface area contributed by atoms with Gasteiger partial charge in [0.25, 0.3) is 0 Å². The Hall–Kier alpha value is -1.10. The molecule has 0 radical (unpaired) electrons. The monoisotopic (exact) mass is 239 g/mol. The largest absolute Gasteiger partial charge is 0.339 e. The standard InChI is InChI=1S/C12H21N3O2/c1-10(16)14-5-7-15(8-6-14)12(17)11-3-2-4-13-9-11/h11,13H,2-9H2,1H3/t11-/m0/s1. The molecule has 2 saturated heterocycles. The van der Waals surface area contributed by atoms with Gasteiger partial charge in [0.2, 0.25) is 11.8 Å². The second kappa shape index (κ2) is 5.49. The lowest BCUT2D eigenvalue weighted by Gasteiger charge is -2.36. The Balaban J connectivity index is 1.83. The molecule has 0 spiro atoms. The van der Waals surface area contributed by atoms with Gasteiger partial charge in [-0.1, -0.05) is 0 Å². The van der Waals surface area contributed by atoms with Crippen LogP contribution in [0, 0.1) is 5.92 Å². The number of carbonyl (C=O) groups is 2. The van der Waals surface area contributed by atoms with E-state index in [-0.39, 0.29) is 17.7 Å². The molecule has 0 aromatic carbocycles. The van der Waals surface area contributed by atoms with Crippen molar-refractivity contribution in [2.24, 2.45) is 5.92 Å². The molecule has 0 aliphatic carbocycles. The van der Waals surface area contributed by atoms with Gasteiger partial charge in [-0.15, -0.1) is 0 Å². The summed E-state index contributed by atoms with van der Waals surface area (Å²) >= 11 is 0. The Bertz CT molecular complexity index is 292. The van der Waals surface area contributed by atoms with Crippen molar-refractivity contribution >= 4 is 11.8 Å². The van der Waals surface area contributed by atoms with E-state index in [1.54, 1.807) is 6.92 Å². The summed E-state index contributed by atoms with van der Waals surface area (Å²) in [5, 5.41) is 3.27. The van der Waals surface area contributed by atoms with Gasteiger partial charge in [-0.05, 0) is 19.4 Å². The number of nitrogens with zero attached hydrogens (tertiary/aromatic N) is 2. The van der Waals surface area contributed by atoms with E-state index in [0.717, 1.165) is 25.9 Å². The molecule has 2 aliphatic heterocycles. The molecule has 2 aliphatic rings. The molecular formula is C12H21N3O2. The second-order valence-electron chi connectivity index (χ2n) is 4.87. The first kappa shape index (κ1) is 12.4. The molecule has 17 heavy (non-hydrogen) atoms. The Morgan fingerprint density at radius 2 is 1.76 bits per heavy atom. The maximum atomic E-state index is 12.2. The van der Waals surface area contributed by atoms with Gasteiger partial charge >= 0.3 is 0 Å². The van der Waals surface area contributed by atoms with Crippen molar-refractivity contribution in [1.82, 2.24) is 15.1 Å². The van der Waals surface area contributed by atoms with E-state index in [4.69, 9.17) is 0 Å². The summed E-state index contributed by atoms with van der Waals surface area (Å²) in [6, 6.07) is 0. The van der Waals surface area contributed by atoms with Crippen molar-refractivity contribution in [3.63, 3.8) is 0 Å². The van der Waals surface area contributed by atoms with Crippen LogP contribution in [0.25, 0.3) is 0 Å². The summed E-state index contributed by atoms with van der Waals surface area (Å²) in [7, 11) is 0. The minimum atomic E-state index is 0.108. The van der Waals surface area contributed by atoms with Gasteiger partial charge in [0.05, 0.1) is 5.92 Å². The molecule has 96 valence electrons. The van der Waals surface area contributed by atoms with Gasteiger partial charge < -0.3 is 15.1 Å². The van der Waals surface area contributed by atoms with E-state index in [2.05, 4.69) is 5.32 Å². The second-order valence-corrected chi connectivity index (χ2v) is 4.87. The van der Waals surface area contributed by atoms with Gasteiger partial charge in [0.15, 0.2) is 0 Å². The minimum Gasteiger partial charge on any atom is -0.339 e. The fraction of sp³-hybridized carbons (Fsp3) is 0.833. The summed E-state index contributed by atoms with van der Waals surface area (Å²) in [5.41, 5.74) is 0. The van der Waals surface area contributed by atoms with Crippen LogP contribution < -0.4 is 5.32 Å². The number of hydrogen-bond acceptors (Lipinski definition) is 3. The van der Waals surface area contributed by atoms with E-state index < -0.39 is 0 Å². The summed E-state index contributed by atoms with van der Waals surface area (Å²) < 4.78 is 0.